The van der Waals surface area contributed by atoms with Crippen LogP contribution in [0.2, 0.25) is 0 Å². The minimum absolute atomic E-state index is 0.127. The molecule has 2 N–H and O–H groups in total. The van der Waals surface area contributed by atoms with E-state index in [2.05, 4.69) is 0 Å². The molecule has 0 spiro atoms. The average molecular weight is 575 g/mol. The van der Waals surface area contributed by atoms with Crippen molar-refractivity contribution >= 4 is 35.7 Å². The molecule has 2 aliphatic carbocycles. The van der Waals surface area contributed by atoms with Gasteiger partial charge in [-0.1, -0.05) is 27.7 Å². The van der Waals surface area contributed by atoms with Crippen molar-refractivity contribution < 1.29 is 48.5 Å². The quantitative estimate of drug-likeness (QED) is 0.427. The van der Waals surface area contributed by atoms with E-state index in [0.717, 1.165) is 0 Å². The van der Waals surface area contributed by atoms with Gasteiger partial charge < -0.3 is 19.7 Å². The number of hydrogen-bond donors (Lipinski definition) is 2. The van der Waals surface area contributed by atoms with Crippen molar-refractivity contribution in [1.29, 1.82) is 0 Å². The van der Waals surface area contributed by atoms with E-state index in [0.29, 0.717) is 0 Å². The number of benzene rings is 2. The van der Waals surface area contributed by atoms with Crippen molar-refractivity contribution in [1.82, 2.24) is 0 Å². The summed E-state index contributed by atoms with van der Waals surface area (Å²) in [7, 11) is 2.51. The molecule has 0 saturated carbocycles. The van der Waals surface area contributed by atoms with Gasteiger partial charge in [-0.3, -0.25) is 28.8 Å². The zero-order valence-electron chi connectivity index (χ0n) is 24.5. The Morgan fingerprint density at radius 2 is 0.881 bits per heavy atom. The van der Waals surface area contributed by atoms with Crippen LogP contribution in [0.3, 0.4) is 0 Å². The van der Waals surface area contributed by atoms with E-state index in [4.69, 9.17) is 9.47 Å². The van der Waals surface area contributed by atoms with E-state index in [9.17, 15) is 39.0 Å². The molecule has 0 aliphatic heterocycles. The highest BCUT2D eigenvalue weighted by Gasteiger charge is 2.45. The first-order valence-corrected chi connectivity index (χ1v) is 13.2. The van der Waals surface area contributed by atoms with E-state index < -0.39 is 79.9 Å². The highest BCUT2D eigenvalue weighted by molar-refractivity contribution is 6.39. The smallest absolute Gasteiger partial charge is 0.195 e. The molecule has 42 heavy (non-hydrogen) atoms. The van der Waals surface area contributed by atoms with Crippen LogP contribution in [0.1, 0.15) is 127 Å². The van der Waals surface area contributed by atoms with Gasteiger partial charge in [0.2, 0.25) is 0 Å². The van der Waals surface area contributed by atoms with Crippen LogP contribution in [0.4, 0.5) is 0 Å². The summed E-state index contributed by atoms with van der Waals surface area (Å²) in [6, 6.07) is 0. The molecular formula is C32H30O10. The molecule has 4 rings (SSSR count). The number of carbonyl (C=O) groups is 6. The first-order chi connectivity index (χ1) is 19.7. The maximum absolute atomic E-state index is 14.2. The fourth-order valence-corrected chi connectivity index (χ4v) is 5.98. The molecule has 0 amide bonds. The third-order valence-electron chi connectivity index (χ3n) is 7.85. The zero-order chi connectivity index (χ0) is 31.5. The molecule has 0 fully saturated rings. The lowest BCUT2D eigenvalue weighted by atomic mass is 9.70. The number of Topliss-reactive ketones (excluding diaryl/α,β-unsaturated/α-hetero) is 4. The lowest BCUT2D eigenvalue weighted by Gasteiger charge is -2.30. The largest absolute Gasteiger partial charge is 0.504 e. The highest BCUT2D eigenvalue weighted by Crippen LogP contribution is 2.49. The third kappa shape index (κ3) is 3.85. The number of carbonyl (C=O) groups excluding carboxylic acids is 6. The lowest BCUT2D eigenvalue weighted by molar-refractivity contribution is 0.0948. The van der Waals surface area contributed by atoms with Crippen molar-refractivity contribution in [3.8, 4) is 23.0 Å². The standard InChI is InChI=1S/C32H30O10/c1-11(2)17-23-21(15(9-33)27(37)31(17)41-7)29(39)19(13(5)25(23)35)20-14(6)26(36)24-18(12(3)4)32(42-8)28(38)16(10-34)22(24)30(20)40/h9-12,37-38H,1-8H3. The maximum Gasteiger partial charge on any atom is 0.195 e. The summed E-state index contributed by atoms with van der Waals surface area (Å²) in [4.78, 5) is 80.7. The Balaban J connectivity index is 2.14. The lowest BCUT2D eigenvalue weighted by Crippen LogP contribution is -2.32. The van der Waals surface area contributed by atoms with Crippen LogP contribution in [0.25, 0.3) is 0 Å². The average Bonchev–Trinajstić information content (AvgIpc) is 2.94. The molecule has 0 saturated heterocycles. The Morgan fingerprint density at radius 1 is 0.571 bits per heavy atom. The number of methoxy groups -OCH3 is 2. The van der Waals surface area contributed by atoms with Gasteiger partial charge in [-0.2, -0.15) is 0 Å². The molecule has 10 heteroatoms. The van der Waals surface area contributed by atoms with Crippen LogP contribution in [0.15, 0.2) is 22.3 Å². The minimum atomic E-state index is -0.933. The van der Waals surface area contributed by atoms with E-state index >= 15 is 0 Å². The topological polar surface area (TPSA) is 161 Å². The predicted octanol–water partition coefficient (Wildman–Crippen LogP) is 5.08. The second-order valence-electron chi connectivity index (χ2n) is 10.8. The summed E-state index contributed by atoms with van der Waals surface area (Å²) in [5, 5.41) is 21.8. The summed E-state index contributed by atoms with van der Waals surface area (Å²) in [5.41, 5.74) is -2.92. The van der Waals surface area contributed by atoms with Crippen LogP contribution in [-0.2, 0) is 0 Å². The van der Waals surface area contributed by atoms with Crippen molar-refractivity contribution in [2.24, 2.45) is 0 Å². The van der Waals surface area contributed by atoms with Gasteiger partial charge in [0.15, 0.2) is 58.7 Å². The minimum Gasteiger partial charge on any atom is -0.504 e. The van der Waals surface area contributed by atoms with Crippen LogP contribution >= 0.6 is 0 Å². The number of phenolic OH excluding ortho intramolecular Hbond substituents is 2. The molecule has 0 radical (unpaired) electrons. The van der Waals surface area contributed by atoms with Crippen molar-refractivity contribution in [3.05, 3.63) is 66.8 Å². The van der Waals surface area contributed by atoms with Crippen LogP contribution < -0.4 is 9.47 Å². The summed E-state index contributed by atoms with van der Waals surface area (Å²) in [6.45, 7) is 9.50. The van der Waals surface area contributed by atoms with Crippen LogP contribution in [0, 0.1) is 0 Å². The molecule has 218 valence electrons. The molecule has 2 aromatic carbocycles. The van der Waals surface area contributed by atoms with Gasteiger partial charge in [0, 0.05) is 55.7 Å². The third-order valence-corrected chi connectivity index (χ3v) is 7.85. The number of aldehydes is 2. The molecule has 0 aromatic heterocycles. The fourth-order valence-electron chi connectivity index (χ4n) is 5.98. The Hall–Kier alpha value is -4.86. The SMILES string of the molecule is COc1c(O)c(C=O)c2c(c1C(C)C)C(=O)C(C)=C(C1=C(C)C(=O)c3c(c(C=O)c(O)c(OC)c3C(C)C)C1=O)C2=O. The number of allylic oxidation sites excluding steroid dienone is 4. The number of fused-ring (bicyclic) bond motifs is 2. The van der Waals surface area contributed by atoms with Crippen LogP contribution in [-0.4, -0.2) is 60.1 Å². The van der Waals surface area contributed by atoms with Gasteiger partial charge in [0.05, 0.1) is 25.3 Å². The summed E-state index contributed by atoms with van der Waals surface area (Å²) < 4.78 is 10.6. The first-order valence-electron chi connectivity index (χ1n) is 13.2. The second kappa shape index (κ2) is 10.5. The number of hydrogen-bond acceptors (Lipinski definition) is 10. The van der Waals surface area contributed by atoms with Crippen molar-refractivity contribution in [2.45, 2.75) is 53.4 Å². The van der Waals surface area contributed by atoms with Gasteiger partial charge >= 0.3 is 0 Å². The molecule has 2 aromatic rings. The number of aromatic hydroxyl groups is 2. The van der Waals surface area contributed by atoms with Gasteiger partial charge in [-0.05, 0) is 25.7 Å². The van der Waals surface area contributed by atoms with E-state index in [-0.39, 0.29) is 57.5 Å². The van der Waals surface area contributed by atoms with Crippen molar-refractivity contribution in [2.75, 3.05) is 14.2 Å². The van der Waals surface area contributed by atoms with Gasteiger partial charge in [0.25, 0.3) is 0 Å². The fraction of sp³-hybridized carbons (Fsp3) is 0.312. The van der Waals surface area contributed by atoms with Gasteiger partial charge in [-0.15, -0.1) is 0 Å². The number of rotatable bonds is 7. The number of ketones is 4. The second-order valence-corrected chi connectivity index (χ2v) is 10.8. The van der Waals surface area contributed by atoms with E-state index in [1.54, 1.807) is 27.7 Å². The normalized spacial score (nSPS) is 15.0. The molecule has 0 atom stereocenters. The number of ether oxygens (including phenoxy) is 2. The molecule has 0 bridgehead atoms. The Labute approximate surface area is 241 Å². The Bertz CT molecular complexity index is 1600. The first kappa shape index (κ1) is 30.1. The van der Waals surface area contributed by atoms with Crippen molar-refractivity contribution in [3.63, 3.8) is 0 Å². The van der Waals surface area contributed by atoms with Gasteiger partial charge in [-0.25, -0.2) is 0 Å². The van der Waals surface area contributed by atoms with E-state index in [1.165, 1.54) is 28.1 Å². The zero-order valence-corrected chi connectivity index (χ0v) is 24.5. The monoisotopic (exact) mass is 574 g/mol. The van der Waals surface area contributed by atoms with Gasteiger partial charge in [0.1, 0.15) is 0 Å². The molecular weight excluding hydrogens is 544 g/mol. The summed E-state index contributed by atoms with van der Waals surface area (Å²) in [5.74, 6) is -5.66. The molecule has 0 heterocycles. The van der Waals surface area contributed by atoms with Crippen LogP contribution in [0.5, 0.6) is 23.0 Å². The van der Waals surface area contributed by atoms with E-state index in [1.807, 2.05) is 0 Å². The predicted molar refractivity (Wildman–Crippen MR) is 151 cm³/mol. The molecule has 10 nitrogen and oxygen atoms in total. The Kier molecular flexibility index (Phi) is 7.54. The molecule has 0 unspecified atom stereocenters. The molecule has 2 aliphatic rings. The Morgan fingerprint density at radius 3 is 1.12 bits per heavy atom. The summed E-state index contributed by atoms with van der Waals surface area (Å²) >= 11 is 0. The summed E-state index contributed by atoms with van der Waals surface area (Å²) in [6.07, 6.45) is 0.441. The highest BCUT2D eigenvalue weighted by atomic mass is 16.5. The number of phenols is 2. The maximum atomic E-state index is 14.2.